The van der Waals surface area contributed by atoms with Crippen molar-refractivity contribution in [3.8, 4) is 0 Å². The minimum absolute atomic E-state index is 0.0565. The molecule has 2 amide bonds. The van der Waals surface area contributed by atoms with E-state index in [1.165, 1.54) is 18.2 Å². The van der Waals surface area contributed by atoms with E-state index in [9.17, 15) is 9.18 Å². The number of rotatable bonds is 7. The Morgan fingerprint density at radius 1 is 1.00 bits per heavy atom. The first kappa shape index (κ1) is 19.3. The van der Waals surface area contributed by atoms with Crippen molar-refractivity contribution < 1.29 is 9.18 Å². The van der Waals surface area contributed by atoms with Crippen LogP contribution in [0.1, 0.15) is 0 Å². The lowest BCUT2D eigenvalue weighted by atomic mass is 10.3. The Morgan fingerprint density at radius 3 is 2.54 bits per heavy atom. The van der Waals surface area contributed by atoms with E-state index in [0.29, 0.717) is 36.2 Å². The third-order valence-corrected chi connectivity index (χ3v) is 3.77. The molecule has 0 saturated carbocycles. The summed E-state index contributed by atoms with van der Waals surface area (Å²) in [6.07, 6.45) is 1.68. The van der Waals surface area contributed by atoms with Crippen molar-refractivity contribution in [2.24, 2.45) is 0 Å². The fraction of sp³-hybridized carbons (Fsp3) is 0.111. The fourth-order valence-corrected chi connectivity index (χ4v) is 2.36. The highest BCUT2D eigenvalue weighted by atomic mass is 35.5. The fourth-order valence-electron chi connectivity index (χ4n) is 2.18. The zero-order valence-corrected chi connectivity index (χ0v) is 15.4. The number of benzene rings is 1. The number of carbonyl (C=O) groups is 1. The molecule has 0 atom stereocenters. The van der Waals surface area contributed by atoms with Gasteiger partial charge >= 0.3 is 6.03 Å². The van der Waals surface area contributed by atoms with Gasteiger partial charge in [0.15, 0.2) is 5.82 Å². The molecule has 0 bridgehead atoms. The number of nitrogens with zero attached hydrogens (tertiary/aromatic N) is 3. The Hall–Kier alpha value is -3.46. The molecule has 0 aliphatic rings. The number of hydrogen-bond acceptors (Lipinski definition) is 6. The molecule has 28 heavy (non-hydrogen) atoms. The molecule has 3 rings (SSSR count). The van der Waals surface area contributed by atoms with Crippen LogP contribution in [0.15, 0.2) is 54.7 Å². The lowest BCUT2D eigenvalue weighted by Crippen LogP contribution is -2.32. The van der Waals surface area contributed by atoms with Crippen molar-refractivity contribution in [2.75, 3.05) is 29.0 Å². The molecule has 0 aliphatic carbocycles. The normalized spacial score (nSPS) is 10.2. The number of hydrogen-bond donors (Lipinski definition) is 4. The third kappa shape index (κ3) is 5.78. The molecule has 0 spiro atoms. The van der Waals surface area contributed by atoms with Crippen molar-refractivity contribution in [3.05, 3.63) is 65.6 Å². The maximum atomic E-state index is 13.1. The number of aromatic nitrogens is 3. The second-order valence-electron chi connectivity index (χ2n) is 5.58. The number of urea groups is 1. The monoisotopic (exact) mass is 401 g/mol. The van der Waals surface area contributed by atoms with Crippen LogP contribution in [0.5, 0.6) is 0 Å². The molecule has 1 aromatic carbocycles. The van der Waals surface area contributed by atoms with E-state index >= 15 is 0 Å². The molecule has 2 heterocycles. The molecule has 0 unspecified atom stereocenters. The lowest BCUT2D eigenvalue weighted by Gasteiger charge is -2.09. The molecule has 2 aromatic heterocycles. The Labute approximate surface area is 165 Å². The highest BCUT2D eigenvalue weighted by molar-refractivity contribution is 6.31. The summed E-state index contributed by atoms with van der Waals surface area (Å²) >= 11 is 5.67. The van der Waals surface area contributed by atoms with E-state index in [1.807, 2.05) is 18.2 Å². The van der Waals surface area contributed by atoms with Gasteiger partial charge in [0.1, 0.15) is 17.5 Å². The Balaban J connectivity index is 1.38. The van der Waals surface area contributed by atoms with Gasteiger partial charge in [-0.05, 0) is 42.5 Å². The van der Waals surface area contributed by atoms with Crippen LogP contribution in [-0.2, 0) is 0 Å². The smallest absolute Gasteiger partial charge is 0.319 e. The Morgan fingerprint density at radius 2 is 1.82 bits per heavy atom. The molecule has 10 heteroatoms. The van der Waals surface area contributed by atoms with E-state index in [2.05, 4.69) is 36.4 Å². The number of nitrogens with one attached hydrogen (secondary N) is 4. The van der Waals surface area contributed by atoms with Crippen molar-refractivity contribution in [3.63, 3.8) is 0 Å². The van der Waals surface area contributed by atoms with E-state index in [4.69, 9.17) is 11.6 Å². The second kappa shape index (κ2) is 9.47. The summed E-state index contributed by atoms with van der Waals surface area (Å²) in [5.74, 6) is 1.27. The first-order valence-electron chi connectivity index (χ1n) is 8.36. The molecule has 0 radical (unpaired) electrons. The quantitative estimate of drug-likeness (QED) is 0.451. The van der Waals surface area contributed by atoms with E-state index in [1.54, 1.807) is 18.3 Å². The predicted molar refractivity (Wildman–Crippen MR) is 106 cm³/mol. The number of carbonyl (C=O) groups excluding carboxylic acids is 1. The number of anilines is 4. The number of halogens is 2. The van der Waals surface area contributed by atoms with Gasteiger partial charge in [-0.3, -0.25) is 0 Å². The summed E-state index contributed by atoms with van der Waals surface area (Å²) < 4.78 is 13.1. The van der Waals surface area contributed by atoms with Crippen LogP contribution in [0.25, 0.3) is 0 Å². The van der Waals surface area contributed by atoms with Gasteiger partial charge in [-0.2, -0.15) is 0 Å². The van der Waals surface area contributed by atoms with Crippen LogP contribution in [0, 0.1) is 5.82 Å². The summed E-state index contributed by atoms with van der Waals surface area (Å²) in [5, 5.41) is 19.3. The Kier molecular flexibility index (Phi) is 6.53. The van der Waals surface area contributed by atoms with Crippen LogP contribution in [0.3, 0.4) is 0 Å². The van der Waals surface area contributed by atoms with Gasteiger partial charge < -0.3 is 21.3 Å². The molecular formula is C18H17ClFN7O. The highest BCUT2D eigenvalue weighted by Crippen LogP contribution is 2.19. The highest BCUT2D eigenvalue weighted by Gasteiger charge is 2.05. The molecule has 4 N–H and O–H groups in total. The summed E-state index contributed by atoms with van der Waals surface area (Å²) in [6.45, 7) is 0.787. The van der Waals surface area contributed by atoms with E-state index in [-0.39, 0.29) is 5.02 Å². The second-order valence-corrected chi connectivity index (χ2v) is 5.99. The number of pyridine rings is 1. The topological polar surface area (TPSA) is 104 Å². The van der Waals surface area contributed by atoms with Gasteiger partial charge in [-0.15, -0.1) is 10.2 Å². The van der Waals surface area contributed by atoms with Crippen LogP contribution < -0.4 is 21.3 Å². The summed E-state index contributed by atoms with van der Waals surface area (Å²) in [7, 11) is 0. The van der Waals surface area contributed by atoms with Gasteiger partial charge in [0.2, 0.25) is 0 Å². The van der Waals surface area contributed by atoms with E-state index < -0.39 is 11.8 Å². The van der Waals surface area contributed by atoms with Gasteiger partial charge in [0.25, 0.3) is 0 Å². The SMILES string of the molecule is O=C(NCCNc1ccc(Nc2ccccn2)nn1)Nc1ccc(F)c(Cl)c1. The zero-order valence-electron chi connectivity index (χ0n) is 14.6. The van der Waals surface area contributed by atoms with Gasteiger partial charge in [0.05, 0.1) is 5.02 Å². The van der Waals surface area contributed by atoms with E-state index in [0.717, 1.165) is 0 Å². The maximum Gasteiger partial charge on any atom is 0.319 e. The van der Waals surface area contributed by atoms with Gasteiger partial charge in [0, 0.05) is 25.0 Å². The minimum Gasteiger partial charge on any atom is -0.367 e. The van der Waals surface area contributed by atoms with Crippen LogP contribution in [-0.4, -0.2) is 34.3 Å². The molecule has 0 aliphatic heterocycles. The maximum absolute atomic E-state index is 13.1. The molecular weight excluding hydrogens is 385 g/mol. The molecule has 144 valence electrons. The zero-order chi connectivity index (χ0) is 19.8. The predicted octanol–water partition coefficient (Wildman–Crippen LogP) is 3.64. The van der Waals surface area contributed by atoms with Gasteiger partial charge in [-0.1, -0.05) is 17.7 Å². The third-order valence-electron chi connectivity index (χ3n) is 3.48. The Bertz CT molecular complexity index is 925. The van der Waals surface area contributed by atoms with Crippen molar-refractivity contribution in [1.82, 2.24) is 20.5 Å². The lowest BCUT2D eigenvalue weighted by molar-refractivity contribution is 0.252. The van der Waals surface area contributed by atoms with Crippen LogP contribution in [0.2, 0.25) is 5.02 Å². The molecule has 3 aromatic rings. The minimum atomic E-state index is -0.542. The molecule has 8 nitrogen and oxygen atoms in total. The van der Waals surface area contributed by atoms with Crippen molar-refractivity contribution >= 4 is 40.8 Å². The van der Waals surface area contributed by atoms with Crippen LogP contribution in [0.4, 0.5) is 32.3 Å². The van der Waals surface area contributed by atoms with Gasteiger partial charge in [-0.25, -0.2) is 14.2 Å². The molecule has 0 fully saturated rings. The largest absolute Gasteiger partial charge is 0.367 e. The molecule has 0 saturated heterocycles. The first-order chi connectivity index (χ1) is 13.6. The average Bonchev–Trinajstić information content (AvgIpc) is 2.70. The first-order valence-corrected chi connectivity index (χ1v) is 8.73. The standard InChI is InChI=1S/C18H17ClFN7O/c19-13-11-12(4-5-14(13)20)24-18(28)23-10-9-22-16-6-7-17(27-26-16)25-15-3-1-2-8-21-15/h1-8,11H,9-10H2,(H,22,26)(H,21,25,27)(H2,23,24,28). The van der Waals surface area contributed by atoms with Crippen molar-refractivity contribution in [2.45, 2.75) is 0 Å². The summed E-state index contributed by atoms with van der Waals surface area (Å²) in [4.78, 5) is 16.0. The average molecular weight is 402 g/mol. The van der Waals surface area contributed by atoms with Crippen molar-refractivity contribution in [1.29, 1.82) is 0 Å². The number of amides is 2. The summed E-state index contributed by atoms with van der Waals surface area (Å²) in [6, 6.07) is 12.6. The van der Waals surface area contributed by atoms with Crippen LogP contribution >= 0.6 is 11.6 Å². The summed E-state index contributed by atoms with van der Waals surface area (Å²) in [5.41, 5.74) is 0.402.